The number of hydrogen-bond donors (Lipinski definition) is 1. The molecule has 1 fully saturated rings. The van der Waals surface area contributed by atoms with Crippen LogP contribution in [0.25, 0.3) is 0 Å². The molecule has 1 N–H and O–H groups in total. The van der Waals surface area contributed by atoms with Crippen molar-refractivity contribution >= 4 is 11.6 Å². The van der Waals surface area contributed by atoms with Gasteiger partial charge < -0.3 is 19.7 Å². The number of carbonyl (C=O) groups excluding carboxylic acids is 1. The summed E-state index contributed by atoms with van der Waals surface area (Å²) < 4.78 is 10.6. The van der Waals surface area contributed by atoms with E-state index in [9.17, 15) is 4.79 Å². The van der Waals surface area contributed by atoms with Crippen molar-refractivity contribution in [3.05, 3.63) is 47.8 Å². The molecule has 6 heteroatoms. The largest absolute Gasteiger partial charge is 0.493 e. The fourth-order valence-electron chi connectivity index (χ4n) is 3.08. The van der Waals surface area contributed by atoms with Crippen molar-refractivity contribution in [3.8, 4) is 11.5 Å². The van der Waals surface area contributed by atoms with Gasteiger partial charge in [-0.15, -0.1) is 0 Å². The molecule has 1 amide bonds. The third-order valence-corrected chi connectivity index (χ3v) is 4.57. The van der Waals surface area contributed by atoms with Crippen molar-refractivity contribution in [1.82, 2.24) is 9.88 Å². The van der Waals surface area contributed by atoms with Gasteiger partial charge >= 0.3 is 0 Å². The molecule has 1 aromatic heterocycles. The molecule has 0 saturated carbocycles. The van der Waals surface area contributed by atoms with Crippen LogP contribution in [0.3, 0.4) is 0 Å². The maximum atomic E-state index is 12.4. The molecule has 26 heavy (non-hydrogen) atoms. The van der Waals surface area contributed by atoms with E-state index < -0.39 is 0 Å². The molecule has 2 aromatic rings. The minimum absolute atomic E-state index is 0.0242. The lowest BCUT2D eigenvalue weighted by Gasteiger charge is -2.26. The van der Waals surface area contributed by atoms with Crippen molar-refractivity contribution in [2.45, 2.75) is 25.8 Å². The molecule has 0 unspecified atom stereocenters. The predicted octanol–water partition coefficient (Wildman–Crippen LogP) is 3.34. The highest BCUT2D eigenvalue weighted by Gasteiger charge is 2.18. The Morgan fingerprint density at radius 2 is 1.85 bits per heavy atom. The van der Waals surface area contributed by atoms with Gasteiger partial charge in [0.25, 0.3) is 5.91 Å². The van der Waals surface area contributed by atoms with E-state index >= 15 is 0 Å². The first-order valence-electron chi connectivity index (χ1n) is 8.91. The standard InChI is InChI=1S/C20H25N3O3/c1-25-18-9-6-15(12-19(18)26-2)13-21-16-7-8-17(22-14-16)20(24)23-10-4-3-5-11-23/h6-9,12,14,21H,3-5,10-11,13H2,1-2H3. The summed E-state index contributed by atoms with van der Waals surface area (Å²) in [7, 11) is 3.24. The fourth-order valence-corrected chi connectivity index (χ4v) is 3.08. The van der Waals surface area contributed by atoms with Gasteiger partial charge in [-0.25, -0.2) is 4.98 Å². The van der Waals surface area contributed by atoms with E-state index in [1.54, 1.807) is 26.5 Å². The smallest absolute Gasteiger partial charge is 0.272 e. The third kappa shape index (κ3) is 4.25. The summed E-state index contributed by atoms with van der Waals surface area (Å²) in [6.07, 6.45) is 5.07. The predicted molar refractivity (Wildman–Crippen MR) is 101 cm³/mol. The van der Waals surface area contributed by atoms with Gasteiger partial charge in [0.15, 0.2) is 11.5 Å². The van der Waals surface area contributed by atoms with E-state index in [-0.39, 0.29) is 5.91 Å². The normalized spacial score (nSPS) is 14.0. The molecule has 1 aromatic carbocycles. The van der Waals surface area contributed by atoms with Crippen LogP contribution in [0.15, 0.2) is 36.5 Å². The zero-order valence-electron chi connectivity index (χ0n) is 15.3. The average Bonchev–Trinajstić information content (AvgIpc) is 2.72. The van der Waals surface area contributed by atoms with E-state index in [0.29, 0.717) is 23.7 Å². The van der Waals surface area contributed by atoms with Crippen LogP contribution in [0.4, 0.5) is 5.69 Å². The number of nitrogens with one attached hydrogen (secondary N) is 1. The summed E-state index contributed by atoms with van der Waals surface area (Å²) in [5, 5.41) is 3.31. The van der Waals surface area contributed by atoms with Crippen molar-refractivity contribution in [2.24, 2.45) is 0 Å². The lowest BCUT2D eigenvalue weighted by molar-refractivity contribution is 0.0718. The molecule has 138 valence electrons. The van der Waals surface area contributed by atoms with Crippen molar-refractivity contribution < 1.29 is 14.3 Å². The molecule has 0 bridgehead atoms. The summed E-state index contributed by atoms with van der Waals surface area (Å²) >= 11 is 0. The van der Waals surface area contributed by atoms with Crippen molar-refractivity contribution in [3.63, 3.8) is 0 Å². The zero-order chi connectivity index (χ0) is 18.4. The van der Waals surface area contributed by atoms with Gasteiger partial charge in [-0.05, 0) is 49.1 Å². The molecule has 0 aliphatic carbocycles. The van der Waals surface area contributed by atoms with Crippen LogP contribution in [0.2, 0.25) is 0 Å². The SMILES string of the molecule is COc1ccc(CNc2ccc(C(=O)N3CCCCC3)nc2)cc1OC. The maximum Gasteiger partial charge on any atom is 0.272 e. The number of aromatic nitrogens is 1. The van der Waals surface area contributed by atoms with E-state index in [1.165, 1.54) is 6.42 Å². The Kier molecular flexibility index (Phi) is 5.94. The highest BCUT2D eigenvalue weighted by molar-refractivity contribution is 5.92. The van der Waals surface area contributed by atoms with Crippen molar-refractivity contribution in [1.29, 1.82) is 0 Å². The number of ether oxygens (including phenoxy) is 2. The van der Waals surface area contributed by atoms with Crippen LogP contribution >= 0.6 is 0 Å². The van der Waals surface area contributed by atoms with Crippen LogP contribution in [-0.2, 0) is 6.54 Å². The second-order valence-electron chi connectivity index (χ2n) is 6.33. The number of benzene rings is 1. The highest BCUT2D eigenvalue weighted by atomic mass is 16.5. The maximum absolute atomic E-state index is 12.4. The van der Waals surface area contributed by atoms with E-state index in [0.717, 1.165) is 37.2 Å². The molecule has 6 nitrogen and oxygen atoms in total. The molecule has 0 atom stereocenters. The molecule has 1 saturated heterocycles. The monoisotopic (exact) mass is 355 g/mol. The minimum Gasteiger partial charge on any atom is -0.493 e. The number of amides is 1. The van der Waals surface area contributed by atoms with Gasteiger partial charge in [0, 0.05) is 19.6 Å². The second kappa shape index (κ2) is 8.56. The first-order chi connectivity index (χ1) is 12.7. The number of likely N-dealkylation sites (tertiary alicyclic amines) is 1. The second-order valence-corrected chi connectivity index (χ2v) is 6.33. The molecule has 3 rings (SSSR count). The Hall–Kier alpha value is -2.76. The van der Waals surface area contributed by atoms with E-state index in [1.807, 2.05) is 29.2 Å². The summed E-state index contributed by atoms with van der Waals surface area (Å²) in [6.45, 7) is 2.29. The van der Waals surface area contributed by atoms with Crippen LogP contribution in [-0.4, -0.2) is 43.1 Å². The Balaban J connectivity index is 1.60. The Labute approximate surface area is 154 Å². The molecular weight excluding hydrogens is 330 g/mol. The van der Waals surface area contributed by atoms with Gasteiger partial charge in [-0.3, -0.25) is 4.79 Å². The van der Waals surface area contributed by atoms with Gasteiger partial charge in [0.2, 0.25) is 0 Å². The topological polar surface area (TPSA) is 63.7 Å². The highest BCUT2D eigenvalue weighted by Crippen LogP contribution is 2.27. The summed E-state index contributed by atoms with van der Waals surface area (Å²) in [6, 6.07) is 9.48. The van der Waals surface area contributed by atoms with E-state index in [2.05, 4.69) is 10.3 Å². The molecule has 0 spiro atoms. The number of hydrogen-bond acceptors (Lipinski definition) is 5. The quantitative estimate of drug-likeness (QED) is 0.861. The fraction of sp³-hybridized carbons (Fsp3) is 0.400. The first kappa shape index (κ1) is 18.0. The van der Waals surface area contributed by atoms with Crippen molar-refractivity contribution in [2.75, 3.05) is 32.6 Å². The summed E-state index contributed by atoms with van der Waals surface area (Å²) in [4.78, 5) is 18.7. The lowest BCUT2D eigenvalue weighted by Crippen LogP contribution is -2.36. The molecule has 0 radical (unpaired) electrons. The molecule has 1 aliphatic heterocycles. The number of piperidine rings is 1. The van der Waals surface area contributed by atoms with Gasteiger partial charge in [0.1, 0.15) is 5.69 Å². The number of methoxy groups -OCH3 is 2. The van der Waals surface area contributed by atoms with Crippen LogP contribution < -0.4 is 14.8 Å². The average molecular weight is 355 g/mol. The Bertz CT molecular complexity index is 740. The first-order valence-corrected chi connectivity index (χ1v) is 8.91. The van der Waals surface area contributed by atoms with Crippen LogP contribution in [0, 0.1) is 0 Å². The van der Waals surface area contributed by atoms with Crippen LogP contribution in [0.1, 0.15) is 35.3 Å². The molecule has 1 aliphatic rings. The number of carbonyl (C=O) groups is 1. The molecule has 2 heterocycles. The van der Waals surface area contributed by atoms with E-state index in [4.69, 9.17) is 9.47 Å². The Morgan fingerprint density at radius 1 is 1.08 bits per heavy atom. The summed E-state index contributed by atoms with van der Waals surface area (Å²) in [5.74, 6) is 1.43. The Morgan fingerprint density at radius 3 is 2.50 bits per heavy atom. The number of anilines is 1. The zero-order valence-corrected chi connectivity index (χ0v) is 15.3. The van der Waals surface area contributed by atoms with Crippen LogP contribution in [0.5, 0.6) is 11.5 Å². The number of rotatable bonds is 6. The lowest BCUT2D eigenvalue weighted by atomic mass is 10.1. The molecular formula is C20H25N3O3. The number of pyridine rings is 1. The minimum atomic E-state index is 0.0242. The number of nitrogens with zero attached hydrogens (tertiary/aromatic N) is 2. The van der Waals surface area contributed by atoms with Gasteiger partial charge in [-0.2, -0.15) is 0 Å². The van der Waals surface area contributed by atoms with Gasteiger partial charge in [-0.1, -0.05) is 6.07 Å². The summed E-state index contributed by atoms with van der Waals surface area (Å²) in [5.41, 5.74) is 2.44. The third-order valence-electron chi connectivity index (χ3n) is 4.57. The van der Waals surface area contributed by atoms with Gasteiger partial charge in [0.05, 0.1) is 26.1 Å².